The average molecular weight is 265 g/mol. The molecule has 1 aromatic carbocycles. The normalized spacial score (nSPS) is 12.2. The number of aliphatic hydroxyl groups is 1. The molecule has 0 fully saturated rings. The third-order valence-corrected chi connectivity index (χ3v) is 3.06. The van der Waals surface area contributed by atoms with Gasteiger partial charge in [0, 0.05) is 31.9 Å². The van der Waals surface area contributed by atoms with Crippen LogP contribution in [0.15, 0.2) is 24.3 Å². The van der Waals surface area contributed by atoms with Crippen molar-refractivity contribution in [2.45, 2.75) is 26.5 Å². The zero-order valence-corrected chi connectivity index (χ0v) is 11.6. The van der Waals surface area contributed by atoms with Gasteiger partial charge >= 0.3 is 0 Å². The van der Waals surface area contributed by atoms with Crippen LogP contribution in [0.3, 0.4) is 0 Å². The van der Waals surface area contributed by atoms with Crippen molar-refractivity contribution < 1.29 is 9.90 Å². The number of carbonyl (C=O) groups is 1. The van der Waals surface area contributed by atoms with E-state index in [0.29, 0.717) is 6.54 Å². The summed E-state index contributed by atoms with van der Waals surface area (Å²) in [6.45, 7) is 7.00. The fourth-order valence-electron chi connectivity index (χ4n) is 1.87. The molecule has 0 bridgehead atoms. The van der Waals surface area contributed by atoms with Crippen LogP contribution in [0.1, 0.15) is 19.4 Å². The number of hydrogen-bond acceptors (Lipinski definition) is 4. The summed E-state index contributed by atoms with van der Waals surface area (Å²) in [5.74, 6) is -0.704. The fourth-order valence-corrected chi connectivity index (χ4v) is 1.87. The largest absolute Gasteiger partial charge is 0.382 e. The Bertz CT molecular complexity index is 388. The number of rotatable bonds is 8. The number of nitrogens with zero attached hydrogens (tertiary/aromatic N) is 1. The standard InChI is InChI=1S/C14H23N3O2/c1-3-17(4-2)12-7-5-11(6-8-12)9-16-10-13(18)14(15)19/h5-8,13,16,18H,3-4,9-10H2,1-2H3,(H2,15,19). The lowest BCUT2D eigenvalue weighted by Gasteiger charge is -2.21. The van der Waals surface area contributed by atoms with Crippen LogP contribution in [0.5, 0.6) is 0 Å². The highest BCUT2D eigenvalue weighted by atomic mass is 16.3. The number of amides is 1. The van der Waals surface area contributed by atoms with E-state index in [2.05, 4.69) is 36.2 Å². The van der Waals surface area contributed by atoms with Gasteiger partial charge in [-0.3, -0.25) is 4.79 Å². The summed E-state index contributed by atoms with van der Waals surface area (Å²) in [6, 6.07) is 8.23. The second kappa shape index (κ2) is 7.76. The number of anilines is 1. The van der Waals surface area contributed by atoms with Crippen molar-refractivity contribution in [3.05, 3.63) is 29.8 Å². The minimum atomic E-state index is -1.13. The smallest absolute Gasteiger partial charge is 0.247 e. The Kier molecular flexibility index (Phi) is 6.32. The zero-order valence-electron chi connectivity index (χ0n) is 11.6. The number of aliphatic hydroxyl groups excluding tert-OH is 1. The Morgan fingerprint density at radius 1 is 1.32 bits per heavy atom. The first-order valence-corrected chi connectivity index (χ1v) is 6.60. The maximum absolute atomic E-state index is 10.7. The van der Waals surface area contributed by atoms with Crippen LogP contribution >= 0.6 is 0 Å². The summed E-state index contributed by atoms with van der Waals surface area (Å²) in [7, 11) is 0. The first-order valence-electron chi connectivity index (χ1n) is 6.60. The molecule has 0 spiro atoms. The second-order valence-corrected chi connectivity index (χ2v) is 4.39. The Morgan fingerprint density at radius 2 is 1.89 bits per heavy atom. The molecule has 5 heteroatoms. The van der Waals surface area contributed by atoms with Gasteiger partial charge in [0.15, 0.2) is 0 Å². The number of primary amides is 1. The molecule has 106 valence electrons. The molecule has 0 aliphatic rings. The Balaban J connectivity index is 2.46. The third-order valence-electron chi connectivity index (χ3n) is 3.06. The van der Waals surface area contributed by atoms with Crippen LogP contribution in [0.25, 0.3) is 0 Å². The summed E-state index contributed by atoms with van der Waals surface area (Å²) >= 11 is 0. The molecule has 1 atom stereocenters. The Hall–Kier alpha value is -1.59. The van der Waals surface area contributed by atoms with E-state index in [1.165, 1.54) is 5.69 Å². The van der Waals surface area contributed by atoms with Crippen molar-refractivity contribution in [3.63, 3.8) is 0 Å². The summed E-state index contributed by atoms with van der Waals surface area (Å²) in [6.07, 6.45) is -1.13. The molecular weight excluding hydrogens is 242 g/mol. The average Bonchev–Trinajstić information content (AvgIpc) is 2.41. The Labute approximate surface area is 114 Å². The highest BCUT2D eigenvalue weighted by Gasteiger charge is 2.09. The minimum absolute atomic E-state index is 0.174. The van der Waals surface area contributed by atoms with E-state index in [1.54, 1.807) is 0 Å². The SMILES string of the molecule is CCN(CC)c1ccc(CNCC(O)C(N)=O)cc1. The van der Waals surface area contributed by atoms with Crippen molar-refractivity contribution in [1.29, 1.82) is 0 Å². The van der Waals surface area contributed by atoms with Gasteiger partial charge in [-0.15, -0.1) is 0 Å². The summed E-state index contributed by atoms with van der Waals surface area (Å²) in [5, 5.41) is 12.2. The molecule has 1 unspecified atom stereocenters. The summed E-state index contributed by atoms with van der Waals surface area (Å²) in [5.41, 5.74) is 7.27. The molecule has 19 heavy (non-hydrogen) atoms. The van der Waals surface area contributed by atoms with E-state index in [1.807, 2.05) is 12.1 Å². The molecule has 0 aliphatic carbocycles. The van der Waals surface area contributed by atoms with Crippen molar-refractivity contribution in [2.24, 2.45) is 5.73 Å². The second-order valence-electron chi connectivity index (χ2n) is 4.39. The highest BCUT2D eigenvalue weighted by molar-refractivity contribution is 5.78. The minimum Gasteiger partial charge on any atom is -0.382 e. The predicted molar refractivity (Wildman–Crippen MR) is 76.9 cm³/mol. The van der Waals surface area contributed by atoms with E-state index in [-0.39, 0.29) is 6.54 Å². The number of nitrogens with one attached hydrogen (secondary N) is 1. The van der Waals surface area contributed by atoms with Gasteiger partial charge < -0.3 is 21.1 Å². The molecular formula is C14H23N3O2. The lowest BCUT2D eigenvalue weighted by atomic mass is 10.2. The van der Waals surface area contributed by atoms with Crippen molar-refractivity contribution >= 4 is 11.6 Å². The molecule has 0 aliphatic heterocycles. The van der Waals surface area contributed by atoms with Gasteiger partial charge in [-0.1, -0.05) is 12.1 Å². The Morgan fingerprint density at radius 3 is 2.37 bits per heavy atom. The van der Waals surface area contributed by atoms with Gasteiger partial charge in [0.1, 0.15) is 6.10 Å². The van der Waals surface area contributed by atoms with E-state index < -0.39 is 12.0 Å². The van der Waals surface area contributed by atoms with E-state index in [4.69, 9.17) is 5.73 Å². The quantitative estimate of drug-likeness (QED) is 0.638. The van der Waals surface area contributed by atoms with Crippen molar-refractivity contribution in [2.75, 3.05) is 24.5 Å². The third kappa shape index (κ3) is 4.89. The van der Waals surface area contributed by atoms with Crippen LogP contribution in [0.4, 0.5) is 5.69 Å². The molecule has 1 amide bonds. The van der Waals surface area contributed by atoms with Gasteiger partial charge in [-0.2, -0.15) is 0 Å². The van der Waals surface area contributed by atoms with E-state index >= 15 is 0 Å². The van der Waals surface area contributed by atoms with Crippen LogP contribution in [0, 0.1) is 0 Å². The van der Waals surface area contributed by atoms with Crippen molar-refractivity contribution in [1.82, 2.24) is 5.32 Å². The number of nitrogens with two attached hydrogens (primary N) is 1. The number of carbonyl (C=O) groups excluding carboxylic acids is 1. The first kappa shape index (κ1) is 15.5. The predicted octanol–water partition coefficient (Wildman–Crippen LogP) is 0.469. The monoisotopic (exact) mass is 265 g/mol. The number of benzene rings is 1. The maximum atomic E-state index is 10.7. The molecule has 5 nitrogen and oxygen atoms in total. The van der Waals surface area contributed by atoms with Gasteiger partial charge in [0.2, 0.25) is 5.91 Å². The lowest BCUT2D eigenvalue weighted by molar-refractivity contribution is -0.125. The molecule has 0 heterocycles. The molecule has 0 aromatic heterocycles. The van der Waals surface area contributed by atoms with Crippen LogP contribution in [-0.2, 0) is 11.3 Å². The van der Waals surface area contributed by atoms with Gasteiger partial charge in [-0.25, -0.2) is 0 Å². The van der Waals surface area contributed by atoms with Gasteiger partial charge in [0.05, 0.1) is 0 Å². The highest BCUT2D eigenvalue weighted by Crippen LogP contribution is 2.14. The van der Waals surface area contributed by atoms with E-state index in [9.17, 15) is 9.90 Å². The zero-order chi connectivity index (χ0) is 14.3. The van der Waals surface area contributed by atoms with Crippen LogP contribution in [-0.4, -0.2) is 36.8 Å². The molecule has 0 saturated heterocycles. The molecule has 4 N–H and O–H groups in total. The van der Waals surface area contributed by atoms with Crippen molar-refractivity contribution in [3.8, 4) is 0 Å². The number of hydrogen-bond donors (Lipinski definition) is 3. The fraction of sp³-hybridized carbons (Fsp3) is 0.500. The molecule has 0 saturated carbocycles. The summed E-state index contributed by atoms with van der Waals surface area (Å²) < 4.78 is 0. The topological polar surface area (TPSA) is 78.6 Å². The molecule has 1 rings (SSSR count). The van der Waals surface area contributed by atoms with Gasteiger partial charge in [0.25, 0.3) is 0 Å². The van der Waals surface area contributed by atoms with Crippen LogP contribution < -0.4 is 16.0 Å². The molecule has 0 radical (unpaired) electrons. The first-order chi connectivity index (χ1) is 9.08. The summed E-state index contributed by atoms with van der Waals surface area (Å²) in [4.78, 5) is 12.9. The molecule has 1 aromatic rings. The van der Waals surface area contributed by atoms with Crippen LogP contribution in [0.2, 0.25) is 0 Å². The van der Waals surface area contributed by atoms with E-state index in [0.717, 1.165) is 18.7 Å². The lowest BCUT2D eigenvalue weighted by Crippen LogP contribution is -2.37. The van der Waals surface area contributed by atoms with Gasteiger partial charge in [-0.05, 0) is 31.5 Å². The maximum Gasteiger partial charge on any atom is 0.247 e.